The van der Waals surface area contributed by atoms with Gasteiger partial charge in [0.05, 0.1) is 16.9 Å². The summed E-state index contributed by atoms with van der Waals surface area (Å²) in [5.41, 5.74) is 1.78. The van der Waals surface area contributed by atoms with E-state index in [1.54, 1.807) is 13.1 Å². The number of aryl methyl sites for hydroxylation is 1. The fourth-order valence-electron chi connectivity index (χ4n) is 4.27. The minimum absolute atomic E-state index is 0.0431. The molecule has 10 heteroatoms. The number of carbonyl (C=O) groups excluding carboxylic acids is 1. The first-order valence-electron chi connectivity index (χ1n) is 10.5. The zero-order valence-electron chi connectivity index (χ0n) is 17.5. The van der Waals surface area contributed by atoms with Gasteiger partial charge in [0, 0.05) is 31.4 Å². The van der Waals surface area contributed by atoms with E-state index >= 15 is 0 Å². The lowest BCUT2D eigenvalue weighted by atomic mass is 10.1. The lowest BCUT2D eigenvalue weighted by molar-refractivity contribution is -0.117. The summed E-state index contributed by atoms with van der Waals surface area (Å²) in [6.07, 6.45) is 4.00. The van der Waals surface area contributed by atoms with Gasteiger partial charge in [-0.15, -0.1) is 10.2 Å². The van der Waals surface area contributed by atoms with Gasteiger partial charge >= 0.3 is 0 Å². The number of hydrogen-bond acceptors (Lipinski definition) is 5. The molecule has 2 aromatic carbocycles. The molecule has 0 unspecified atom stereocenters. The highest BCUT2D eigenvalue weighted by atomic mass is 32.2. The number of anilines is 2. The van der Waals surface area contributed by atoms with Gasteiger partial charge < -0.3 is 9.47 Å². The monoisotopic (exact) mass is 455 g/mol. The summed E-state index contributed by atoms with van der Waals surface area (Å²) < 4.78 is 45.1. The first-order chi connectivity index (χ1) is 15.3. The van der Waals surface area contributed by atoms with Crippen LogP contribution in [0.5, 0.6) is 0 Å². The molecule has 1 N–H and O–H groups in total. The number of rotatable bonds is 4. The lowest BCUT2D eigenvalue weighted by Crippen LogP contribution is -2.20. The van der Waals surface area contributed by atoms with Gasteiger partial charge in [-0.1, -0.05) is 6.42 Å². The molecule has 8 nitrogen and oxygen atoms in total. The van der Waals surface area contributed by atoms with Crippen LogP contribution in [-0.2, 0) is 34.2 Å². The Labute approximate surface area is 185 Å². The SMILES string of the molecule is CN1C(=O)Cc2cc(S(=O)(=O)Nc3ccc(F)c(-c4nnc5n4CCCCC5)c3)ccc21. The molecule has 1 aromatic heterocycles. The van der Waals surface area contributed by atoms with Crippen molar-refractivity contribution in [3.05, 3.63) is 53.6 Å². The van der Waals surface area contributed by atoms with E-state index in [1.165, 1.54) is 35.2 Å². The second-order valence-electron chi connectivity index (χ2n) is 8.12. The number of sulfonamides is 1. The van der Waals surface area contributed by atoms with E-state index < -0.39 is 15.8 Å². The summed E-state index contributed by atoms with van der Waals surface area (Å²) in [5, 5.41) is 8.39. The standard InChI is InChI=1S/C22H22FN5O3S/c1-27-19-9-7-16(11-14(19)12-21(27)29)32(30,31)26-15-6-8-18(23)17(13-15)22-25-24-20-5-3-2-4-10-28(20)22/h6-9,11,13,26H,2-5,10,12H2,1H3. The minimum atomic E-state index is -3.94. The number of nitrogens with one attached hydrogen (secondary N) is 1. The topological polar surface area (TPSA) is 97.2 Å². The van der Waals surface area contributed by atoms with Crippen molar-refractivity contribution in [1.82, 2.24) is 14.8 Å². The predicted molar refractivity (Wildman–Crippen MR) is 117 cm³/mol. The highest BCUT2D eigenvalue weighted by Gasteiger charge is 2.26. The van der Waals surface area contributed by atoms with Crippen molar-refractivity contribution < 1.29 is 17.6 Å². The molecule has 32 heavy (non-hydrogen) atoms. The Kier molecular flexibility index (Phi) is 4.96. The number of carbonyl (C=O) groups is 1. The van der Waals surface area contributed by atoms with Crippen LogP contribution in [0.4, 0.5) is 15.8 Å². The Morgan fingerprint density at radius 3 is 2.75 bits per heavy atom. The summed E-state index contributed by atoms with van der Waals surface area (Å²) in [6.45, 7) is 0.704. The van der Waals surface area contributed by atoms with Crippen molar-refractivity contribution in [2.45, 2.75) is 43.5 Å². The smallest absolute Gasteiger partial charge is 0.261 e. The van der Waals surface area contributed by atoms with Crippen LogP contribution in [0.3, 0.4) is 0 Å². The number of amides is 1. The molecule has 0 saturated carbocycles. The zero-order valence-corrected chi connectivity index (χ0v) is 18.3. The Balaban J connectivity index is 1.47. The molecule has 0 radical (unpaired) electrons. The predicted octanol–water partition coefficient (Wildman–Crippen LogP) is 3.13. The summed E-state index contributed by atoms with van der Waals surface area (Å²) in [7, 11) is -2.28. The van der Waals surface area contributed by atoms with E-state index in [9.17, 15) is 17.6 Å². The lowest BCUT2D eigenvalue weighted by Gasteiger charge is -2.13. The van der Waals surface area contributed by atoms with E-state index in [0.29, 0.717) is 23.6 Å². The molecule has 0 fully saturated rings. The number of benzene rings is 2. The van der Waals surface area contributed by atoms with Gasteiger partial charge in [-0.05, 0) is 54.8 Å². The Morgan fingerprint density at radius 2 is 1.91 bits per heavy atom. The number of likely N-dealkylation sites (N-methyl/N-ethyl adjacent to an activating group) is 1. The molecule has 0 saturated heterocycles. The van der Waals surface area contributed by atoms with Crippen LogP contribution in [0.1, 0.15) is 30.7 Å². The fourth-order valence-corrected chi connectivity index (χ4v) is 5.37. The maximum absolute atomic E-state index is 14.7. The summed E-state index contributed by atoms with van der Waals surface area (Å²) in [6, 6.07) is 8.62. The van der Waals surface area contributed by atoms with Gasteiger partial charge in [-0.3, -0.25) is 9.52 Å². The van der Waals surface area contributed by atoms with Gasteiger partial charge in [-0.25, -0.2) is 12.8 Å². The zero-order chi connectivity index (χ0) is 22.5. The van der Waals surface area contributed by atoms with Gasteiger partial charge in [0.2, 0.25) is 5.91 Å². The number of nitrogens with zero attached hydrogens (tertiary/aromatic N) is 4. The molecule has 3 aromatic rings. The molecule has 0 bridgehead atoms. The highest BCUT2D eigenvalue weighted by molar-refractivity contribution is 7.92. The van der Waals surface area contributed by atoms with E-state index in [0.717, 1.165) is 31.5 Å². The van der Waals surface area contributed by atoms with Crippen LogP contribution in [0, 0.1) is 5.82 Å². The molecule has 2 aliphatic rings. The van der Waals surface area contributed by atoms with E-state index in [1.807, 2.05) is 4.57 Å². The molecule has 0 spiro atoms. The largest absolute Gasteiger partial charge is 0.315 e. The van der Waals surface area contributed by atoms with Crippen molar-refractivity contribution in [2.75, 3.05) is 16.7 Å². The summed E-state index contributed by atoms with van der Waals surface area (Å²) in [4.78, 5) is 13.5. The van der Waals surface area contributed by atoms with E-state index in [2.05, 4.69) is 14.9 Å². The average molecular weight is 456 g/mol. The van der Waals surface area contributed by atoms with Crippen molar-refractivity contribution in [1.29, 1.82) is 0 Å². The third-order valence-corrected chi connectivity index (χ3v) is 7.39. The number of hydrogen-bond donors (Lipinski definition) is 1. The second-order valence-corrected chi connectivity index (χ2v) is 9.80. The van der Waals surface area contributed by atoms with Crippen LogP contribution in [0.25, 0.3) is 11.4 Å². The first kappa shape index (κ1) is 20.6. The second kappa shape index (κ2) is 7.70. The summed E-state index contributed by atoms with van der Waals surface area (Å²) >= 11 is 0. The molecule has 0 atom stereocenters. The molecule has 0 aliphatic carbocycles. The van der Waals surface area contributed by atoms with Crippen molar-refractivity contribution in [3.63, 3.8) is 0 Å². The minimum Gasteiger partial charge on any atom is -0.315 e. The molecular formula is C22H22FN5O3S. The first-order valence-corrected chi connectivity index (χ1v) is 12.0. The normalized spacial score (nSPS) is 15.9. The van der Waals surface area contributed by atoms with Crippen molar-refractivity contribution >= 4 is 27.3 Å². The third kappa shape index (κ3) is 3.54. The molecule has 5 rings (SSSR count). The van der Waals surface area contributed by atoms with Crippen LogP contribution in [0.15, 0.2) is 41.3 Å². The molecule has 1 amide bonds. The third-order valence-electron chi connectivity index (χ3n) is 6.01. The molecule has 2 aliphatic heterocycles. The van der Waals surface area contributed by atoms with E-state index in [4.69, 9.17) is 0 Å². The van der Waals surface area contributed by atoms with Crippen LogP contribution in [0.2, 0.25) is 0 Å². The Bertz CT molecular complexity index is 1340. The molecule has 3 heterocycles. The highest BCUT2D eigenvalue weighted by Crippen LogP contribution is 2.32. The average Bonchev–Trinajstić information content (AvgIpc) is 3.19. The Morgan fingerprint density at radius 1 is 1.06 bits per heavy atom. The van der Waals surface area contributed by atoms with Gasteiger partial charge in [-0.2, -0.15) is 0 Å². The van der Waals surface area contributed by atoms with Crippen molar-refractivity contribution in [3.8, 4) is 11.4 Å². The van der Waals surface area contributed by atoms with Crippen LogP contribution in [-0.4, -0.2) is 36.1 Å². The Hall–Kier alpha value is -3.27. The van der Waals surface area contributed by atoms with E-state index in [-0.39, 0.29) is 28.5 Å². The molecule has 166 valence electrons. The number of fused-ring (bicyclic) bond motifs is 2. The van der Waals surface area contributed by atoms with Crippen LogP contribution < -0.4 is 9.62 Å². The maximum atomic E-state index is 14.7. The summed E-state index contributed by atoms with van der Waals surface area (Å²) in [5.74, 6) is 0.643. The fraction of sp³-hybridized carbons (Fsp3) is 0.318. The van der Waals surface area contributed by atoms with Crippen molar-refractivity contribution in [2.24, 2.45) is 0 Å². The van der Waals surface area contributed by atoms with Gasteiger partial charge in [0.25, 0.3) is 10.0 Å². The number of aromatic nitrogens is 3. The van der Waals surface area contributed by atoms with Gasteiger partial charge in [0.1, 0.15) is 11.6 Å². The van der Waals surface area contributed by atoms with Crippen LogP contribution >= 0.6 is 0 Å². The van der Waals surface area contributed by atoms with Gasteiger partial charge in [0.15, 0.2) is 5.82 Å². The number of halogens is 1. The molecular weight excluding hydrogens is 433 g/mol. The quantitative estimate of drug-likeness (QED) is 0.652. The maximum Gasteiger partial charge on any atom is 0.261 e.